The van der Waals surface area contributed by atoms with Gasteiger partial charge in [-0.3, -0.25) is 4.79 Å². The topological polar surface area (TPSA) is 50.4 Å². The maximum atomic E-state index is 11.7. The molecule has 0 aliphatic heterocycles. The van der Waals surface area contributed by atoms with E-state index < -0.39 is 0 Å². The van der Waals surface area contributed by atoms with Crippen LogP contribution in [0.5, 0.6) is 5.75 Å². The fourth-order valence-electron chi connectivity index (χ4n) is 1.71. The van der Waals surface area contributed by atoms with Crippen LogP contribution in [-0.2, 0) is 11.3 Å². The van der Waals surface area contributed by atoms with Crippen molar-refractivity contribution in [1.29, 1.82) is 0 Å². The first kappa shape index (κ1) is 16.2. The summed E-state index contributed by atoms with van der Waals surface area (Å²) >= 11 is 0. The number of carbonyl (C=O) groups is 1. The van der Waals surface area contributed by atoms with E-state index in [1.807, 2.05) is 45.0 Å². The van der Waals surface area contributed by atoms with E-state index in [-0.39, 0.29) is 18.0 Å². The van der Waals surface area contributed by atoms with Gasteiger partial charge in [-0.2, -0.15) is 0 Å². The average Bonchev–Trinajstić information content (AvgIpc) is 2.35. The van der Waals surface area contributed by atoms with Crippen LogP contribution in [0.4, 0.5) is 0 Å². The summed E-state index contributed by atoms with van der Waals surface area (Å²) < 4.78 is 5.57. The molecule has 0 aromatic heterocycles. The lowest BCUT2D eigenvalue weighted by atomic mass is 10.1. The fraction of sp³-hybridized carbons (Fsp3) is 0.438. The first-order chi connectivity index (χ1) is 9.42. The Morgan fingerprint density at radius 1 is 1.35 bits per heavy atom. The Morgan fingerprint density at radius 3 is 2.70 bits per heavy atom. The minimum absolute atomic E-state index is 0.0120. The van der Waals surface area contributed by atoms with Gasteiger partial charge in [0.15, 0.2) is 0 Å². The van der Waals surface area contributed by atoms with Crippen molar-refractivity contribution in [3.63, 3.8) is 0 Å². The van der Waals surface area contributed by atoms with Crippen molar-refractivity contribution in [2.24, 2.45) is 0 Å². The molecule has 4 heteroatoms. The van der Waals surface area contributed by atoms with Crippen LogP contribution >= 0.6 is 0 Å². The van der Waals surface area contributed by atoms with Crippen LogP contribution in [0, 0.1) is 0 Å². The summed E-state index contributed by atoms with van der Waals surface area (Å²) in [6.07, 6.45) is 1.71. The van der Waals surface area contributed by atoms with Crippen LogP contribution in [0.15, 0.2) is 36.9 Å². The molecule has 0 atom stereocenters. The first-order valence-electron chi connectivity index (χ1n) is 6.75. The summed E-state index contributed by atoms with van der Waals surface area (Å²) in [7, 11) is 0. The molecule has 110 valence electrons. The largest absolute Gasteiger partial charge is 0.489 e. The van der Waals surface area contributed by atoms with Gasteiger partial charge in [0.25, 0.3) is 0 Å². The number of para-hydroxylation sites is 1. The van der Waals surface area contributed by atoms with Crippen LogP contribution < -0.4 is 15.4 Å². The lowest BCUT2D eigenvalue weighted by molar-refractivity contribution is -0.121. The second-order valence-corrected chi connectivity index (χ2v) is 5.61. The van der Waals surface area contributed by atoms with Crippen molar-refractivity contribution in [3.8, 4) is 5.75 Å². The molecule has 0 saturated carbocycles. The van der Waals surface area contributed by atoms with Gasteiger partial charge in [-0.25, -0.2) is 0 Å². The summed E-state index contributed by atoms with van der Waals surface area (Å²) in [6, 6.07) is 7.77. The van der Waals surface area contributed by atoms with E-state index in [4.69, 9.17) is 4.74 Å². The Balaban J connectivity index is 2.45. The third kappa shape index (κ3) is 6.38. The van der Waals surface area contributed by atoms with Crippen LogP contribution in [0.2, 0.25) is 0 Å². The molecule has 0 spiro atoms. The molecule has 0 unspecified atom stereocenters. The van der Waals surface area contributed by atoms with E-state index >= 15 is 0 Å². The molecule has 0 fully saturated rings. The maximum absolute atomic E-state index is 11.7. The van der Waals surface area contributed by atoms with E-state index in [1.165, 1.54) is 0 Å². The van der Waals surface area contributed by atoms with E-state index in [9.17, 15) is 4.79 Å². The molecule has 0 aliphatic rings. The molecule has 4 nitrogen and oxygen atoms in total. The third-order valence-electron chi connectivity index (χ3n) is 2.44. The second-order valence-electron chi connectivity index (χ2n) is 5.61. The molecule has 0 radical (unpaired) electrons. The van der Waals surface area contributed by atoms with Crippen molar-refractivity contribution < 1.29 is 9.53 Å². The SMILES string of the molecule is C=CCOc1ccccc1CNCC(=O)NC(C)(C)C. The highest BCUT2D eigenvalue weighted by Gasteiger charge is 2.13. The van der Waals surface area contributed by atoms with Gasteiger partial charge in [-0.1, -0.05) is 30.9 Å². The highest BCUT2D eigenvalue weighted by Crippen LogP contribution is 2.17. The van der Waals surface area contributed by atoms with Crippen LogP contribution in [0.3, 0.4) is 0 Å². The van der Waals surface area contributed by atoms with Crippen molar-refractivity contribution in [2.75, 3.05) is 13.2 Å². The van der Waals surface area contributed by atoms with Crippen molar-refractivity contribution >= 4 is 5.91 Å². The summed E-state index contributed by atoms with van der Waals surface area (Å²) in [5.74, 6) is 0.804. The molecular weight excluding hydrogens is 252 g/mol. The number of amides is 1. The van der Waals surface area contributed by atoms with Gasteiger partial charge in [0.1, 0.15) is 12.4 Å². The van der Waals surface area contributed by atoms with E-state index in [1.54, 1.807) is 6.08 Å². The van der Waals surface area contributed by atoms with Gasteiger partial charge < -0.3 is 15.4 Å². The Morgan fingerprint density at radius 2 is 2.05 bits per heavy atom. The summed E-state index contributed by atoms with van der Waals surface area (Å²) in [5.41, 5.74) is 0.821. The van der Waals surface area contributed by atoms with Gasteiger partial charge in [0.05, 0.1) is 6.54 Å². The second kappa shape index (κ2) is 7.70. The highest BCUT2D eigenvalue weighted by molar-refractivity contribution is 5.78. The lowest BCUT2D eigenvalue weighted by Gasteiger charge is -2.20. The van der Waals surface area contributed by atoms with E-state index in [0.29, 0.717) is 13.2 Å². The Bertz CT molecular complexity index is 450. The molecule has 0 aliphatic carbocycles. The molecular formula is C16H24N2O2. The van der Waals surface area contributed by atoms with Crippen molar-refractivity contribution in [2.45, 2.75) is 32.9 Å². The molecule has 2 N–H and O–H groups in total. The number of carbonyl (C=O) groups excluding carboxylic acids is 1. The Labute approximate surface area is 121 Å². The first-order valence-corrected chi connectivity index (χ1v) is 6.75. The molecule has 20 heavy (non-hydrogen) atoms. The maximum Gasteiger partial charge on any atom is 0.234 e. The predicted molar refractivity (Wildman–Crippen MR) is 81.7 cm³/mol. The smallest absolute Gasteiger partial charge is 0.234 e. The van der Waals surface area contributed by atoms with Crippen LogP contribution in [0.25, 0.3) is 0 Å². The standard InChI is InChI=1S/C16H24N2O2/c1-5-10-20-14-9-7-6-8-13(14)11-17-12-15(19)18-16(2,3)4/h5-9,17H,1,10-12H2,2-4H3,(H,18,19). The number of hydrogen-bond acceptors (Lipinski definition) is 3. The average molecular weight is 276 g/mol. The minimum atomic E-state index is -0.205. The zero-order valence-corrected chi connectivity index (χ0v) is 12.5. The highest BCUT2D eigenvalue weighted by atomic mass is 16.5. The van der Waals surface area contributed by atoms with E-state index in [2.05, 4.69) is 17.2 Å². The molecule has 1 amide bonds. The van der Waals surface area contributed by atoms with Crippen molar-refractivity contribution in [1.82, 2.24) is 10.6 Å². The molecule has 0 bridgehead atoms. The van der Waals surface area contributed by atoms with Crippen molar-refractivity contribution in [3.05, 3.63) is 42.5 Å². The zero-order valence-electron chi connectivity index (χ0n) is 12.5. The predicted octanol–water partition coefficient (Wildman–Crippen LogP) is 2.26. The van der Waals surface area contributed by atoms with Gasteiger partial charge >= 0.3 is 0 Å². The number of hydrogen-bond donors (Lipinski definition) is 2. The number of rotatable bonds is 7. The summed E-state index contributed by atoms with van der Waals surface area (Å²) in [6.45, 7) is 10.9. The Kier molecular flexibility index (Phi) is 6.25. The Hall–Kier alpha value is -1.81. The summed E-state index contributed by atoms with van der Waals surface area (Å²) in [4.78, 5) is 11.7. The number of ether oxygens (including phenoxy) is 1. The van der Waals surface area contributed by atoms with Crippen LogP contribution in [-0.4, -0.2) is 24.6 Å². The molecule has 0 saturated heterocycles. The zero-order chi connectivity index (χ0) is 15.0. The van der Waals surface area contributed by atoms with E-state index in [0.717, 1.165) is 11.3 Å². The number of benzene rings is 1. The monoisotopic (exact) mass is 276 g/mol. The fourth-order valence-corrected chi connectivity index (χ4v) is 1.71. The van der Waals surface area contributed by atoms with Crippen LogP contribution in [0.1, 0.15) is 26.3 Å². The molecule has 1 aromatic rings. The normalized spacial score (nSPS) is 10.9. The molecule has 1 rings (SSSR count). The lowest BCUT2D eigenvalue weighted by Crippen LogP contribution is -2.44. The molecule has 1 aromatic carbocycles. The minimum Gasteiger partial charge on any atom is -0.489 e. The van der Waals surface area contributed by atoms with Gasteiger partial charge in [0.2, 0.25) is 5.91 Å². The third-order valence-corrected chi connectivity index (χ3v) is 2.44. The summed E-state index contributed by atoms with van der Waals surface area (Å²) in [5, 5.41) is 6.03. The van der Waals surface area contributed by atoms with Gasteiger partial charge in [-0.05, 0) is 26.8 Å². The van der Waals surface area contributed by atoms with Gasteiger partial charge in [0, 0.05) is 17.6 Å². The molecule has 0 heterocycles. The quantitative estimate of drug-likeness (QED) is 0.751. The number of nitrogens with one attached hydrogen (secondary N) is 2. The van der Waals surface area contributed by atoms with Gasteiger partial charge in [-0.15, -0.1) is 0 Å².